The third-order valence-corrected chi connectivity index (χ3v) is 3.16. The Morgan fingerprint density at radius 2 is 1.88 bits per heavy atom. The van der Waals surface area contributed by atoms with Crippen molar-refractivity contribution in [1.82, 2.24) is 15.8 Å². The lowest BCUT2D eigenvalue weighted by Crippen LogP contribution is -2.47. The molecule has 1 saturated heterocycles. The van der Waals surface area contributed by atoms with Crippen LogP contribution in [0.4, 0.5) is 4.39 Å². The standard InChI is InChI=1S/C12H16FN3S/c1-8(2)16-11(17)14-12(3,15-16)9-4-6-10(13)7-5-9/h4-8,15H,1-3H3,(H,14,17)/t12-/m1/s1. The summed E-state index contributed by atoms with van der Waals surface area (Å²) in [6, 6.07) is 6.66. The van der Waals surface area contributed by atoms with Gasteiger partial charge in [0.25, 0.3) is 0 Å². The van der Waals surface area contributed by atoms with Crippen molar-refractivity contribution in [3.05, 3.63) is 35.6 Å². The maximum absolute atomic E-state index is 12.9. The van der Waals surface area contributed by atoms with Gasteiger partial charge in [-0.15, -0.1) is 0 Å². The molecular formula is C12H16FN3S. The van der Waals surface area contributed by atoms with Gasteiger partial charge in [0, 0.05) is 6.04 Å². The molecule has 17 heavy (non-hydrogen) atoms. The number of benzene rings is 1. The minimum Gasteiger partial charge on any atom is -0.338 e. The molecule has 1 aliphatic rings. The third-order valence-electron chi connectivity index (χ3n) is 2.86. The maximum atomic E-state index is 12.9. The molecule has 0 spiro atoms. The first kappa shape index (κ1) is 12.3. The Balaban J connectivity index is 2.27. The molecule has 0 aliphatic carbocycles. The van der Waals surface area contributed by atoms with Crippen LogP contribution in [-0.4, -0.2) is 16.2 Å². The summed E-state index contributed by atoms with van der Waals surface area (Å²) < 4.78 is 12.9. The van der Waals surface area contributed by atoms with Crippen LogP contribution in [0.1, 0.15) is 26.3 Å². The van der Waals surface area contributed by atoms with Crippen molar-refractivity contribution in [1.29, 1.82) is 0 Å². The first-order chi connectivity index (χ1) is 7.92. The first-order valence-electron chi connectivity index (χ1n) is 5.57. The molecule has 3 nitrogen and oxygen atoms in total. The lowest BCUT2D eigenvalue weighted by molar-refractivity contribution is 0.202. The van der Waals surface area contributed by atoms with Crippen LogP contribution < -0.4 is 10.7 Å². The molecule has 0 bridgehead atoms. The number of rotatable bonds is 2. The van der Waals surface area contributed by atoms with E-state index in [1.54, 1.807) is 12.1 Å². The van der Waals surface area contributed by atoms with E-state index in [4.69, 9.17) is 12.2 Å². The lowest BCUT2D eigenvalue weighted by atomic mass is 10.0. The van der Waals surface area contributed by atoms with Crippen LogP contribution in [0.25, 0.3) is 0 Å². The smallest absolute Gasteiger partial charge is 0.185 e. The zero-order valence-electron chi connectivity index (χ0n) is 10.1. The minimum absolute atomic E-state index is 0.237. The topological polar surface area (TPSA) is 27.3 Å². The van der Waals surface area contributed by atoms with Gasteiger partial charge in [-0.1, -0.05) is 12.1 Å². The van der Waals surface area contributed by atoms with Crippen molar-refractivity contribution in [2.24, 2.45) is 0 Å². The summed E-state index contributed by atoms with van der Waals surface area (Å²) in [4.78, 5) is 0. The van der Waals surface area contributed by atoms with E-state index in [2.05, 4.69) is 24.6 Å². The normalized spacial score (nSPS) is 24.3. The van der Waals surface area contributed by atoms with E-state index in [0.29, 0.717) is 5.11 Å². The van der Waals surface area contributed by atoms with Crippen LogP contribution in [0.3, 0.4) is 0 Å². The highest BCUT2D eigenvalue weighted by molar-refractivity contribution is 7.80. The summed E-state index contributed by atoms with van der Waals surface area (Å²) in [5.41, 5.74) is 3.78. The lowest BCUT2D eigenvalue weighted by Gasteiger charge is -2.27. The van der Waals surface area contributed by atoms with Crippen molar-refractivity contribution >= 4 is 17.3 Å². The van der Waals surface area contributed by atoms with Crippen molar-refractivity contribution in [2.45, 2.75) is 32.5 Å². The molecule has 0 radical (unpaired) electrons. The molecule has 1 aliphatic heterocycles. The fraction of sp³-hybridized carbons (Fsp3) is 0.417. The van der Waals surface area contributed by atoms with Crippen molar-refractivity contribution in [3.8, 4) is 0 Å². The van der Waals surface area contributed by atoms with E-state index < -0.39 is 5.66 Å². The number of halogens is 1. The molecule has 1 heterocycles. The highest BCUT2D eigenvalue weighted by Gasteiger charge is 2.38. The molecule has 1 fully saturated rings. The van der Waals surface area contributed by atoms with Crippen LogP contribution in [-0.2, 0) is 5.66 Å². The number of hydrogen-bond acceptors (Lipinski definition) is 2. The van der Waals surface area contributed by atoms with Gasteiger partial charge in [-0.25, -0.2) is 9.82 Å². The van der Waals surface area contributed by atoms with Crippen LogP contribution in [0.2, 0.25) is 0 Å². The average Bonchev–Trinajstić information content (AvgIpc) is 2.56. The van der Waals surface area contributed by atoms with Gasteiger partial charge in [-0.2, -0.15) is 0 Å². The Hall–Kier alpha value is -1.20. The monoisotopic (exact) mass is 253 g/mol. The summed E-state index contributed by atoms with van der Waals surface area (Å²) in [5.74, 6) is -0.237. The predicted octanol–water partition coefficient (Wildman–Crippen LogP) is 2.10. The number of nitrogens with zero attached hydrogens (tertiary/aromatic N) is 1. The first-order valence-corrected chi connectivity index (χ1v) is 5.98. The molecule has 2 rings (SSSR count). The van der Waals surface area contributed by atoms with Crippen molar-refractivity contribution in [3.63, 3.8) is 0 Å². The number of thiocarbonyl (C=S) groups is 1. The van der Waals surface area contributed by atoms with Gasteiger partial charge in [0.15, 0.2) is 5.11 Å². The molecule has 0 unspecified atom stereocenters. The molecule has 1 atom stereocenters. The SMILES string of the molecule is CC(C)N1N[C@](C)(c2ccc(F)cc2)NC1=S. The minimum atomic E-state index is -0.477. The fourth-order valence-electron chi connectivity index (χ4n) is 1.88. The van der Waals surface area contributed by atoms with E-state index >= 15 is 0 Å². The summed E-state index contributed by atoms with van der Waals surface area (Å²) in [5, 5.41) is 5.78. The fourth-order valence-corrected chi connectivity index (χ4v) is 2.34. The van der Waals surface area contributed by atoms with E-state index in [0.717, 1.165) is 5.56 Å². The highest BCUT2D eigenvalue weighted by atomic mass is 32.1. The van der Waals surface area contributed by atoms with Gasteiger partial charge in [0.05, 0.1) is 0 Å². The van der Waals surface area contributed by atoms with E-state index in [9.17, 15) is 4.39 Å². The van der Waals surface area contributed by atoms with Gasteiger partial charge in [0.1, 0.15) is 11.5 Å². The van der Waals surface area contributed by atoms with Gasteiger partial charge in [0.2, 0.25) is 0 Å². The Labute approximate surface area is 106 Å². The zero-order chi connectivity index (χ0) is 12.6. The second kappa shape index (κ2) is 4.23. The van der Waals surface area contributed by atoms with Gasteiger partial charge < -0.3 is 5.32 Å². The van der Waals surface area contributed by atoms with E-state index in [1.165, 1.54) is 12.1 Å². The molecule has 92 valence electrons. The quantitative estimate of drug-likeness (QED) is 0.789. The third kappa shape index (κ3) is 2.25. The Morgan fingerprint density at radius 3 is 2.35 bits per heavy atom. The number of hydrazine groups is 1. The van der Waals surface area contributed by atoms with Gasteiger partial charge in [-0.05, 0) is 50.7 Å². The molecule has 2 N–H and O–H groups in total. The summed E-state index contributed by atoms with van der Waals surface area (Å²) >= 11 is 5.27. The van der Waals surface area contributed by atoms with E-state index in [-0.39, 0.29) is 11.9 Å². The summed E-state index contributed by atoms with van der Waals surface area (Å²) in [6.07, 6.45) is 0. The molecule has 0 saturated carbocycles. The molecule has 5 heteroatoms. The van der Waals surface area contributed by atoms with Crippen LogP contribution in [0.5, 0.6) is 0 Å². The number of hydrogen-bond donors (Lipinski definition) is 2. The molecule has 0 amide bonds. The predicted molar refractivity (Wildman–Crippen MR) is 69.6 cm³/mol. The van der Waals surface area contributed by atoms with Gasteiger partial charge >= 0.3 is 0 Å². The molecule has 1 aromatic carbocycles. The van der Waals surface area contributed by atoms with Crippen molar-refractivity contribution in [2.75, 3.05) is 0 Å². The van der Waals surface area contributed by atoms with Crippen molar-refractivity contribution < 1.29 is 4.39 Å². The number of nitrogens with one attached hydrogen (secondary N) is 2. The summed E-state index contributed by atoms with van der Waals surface area (Å²) in [6.45, 7) is 6.09. The highest BCUT2D eigenvalue weighted by Crippen LogP contribution is 2.24. The average molecular weight is 253 g/mol. The second-order valence-electron chi connectivity index (χ2n) is 4.64. The van der Waals surface area contributed by atoms with Crippen LogP contribution >= 0.6 is 12.2 Å². The largest absolute Gasteiger partial charge is 0.338 e. The van der Waals surface area contributed by atoms with E-state index in [1.807, 2.05) is 11.9 Å². The van der Waals surface area contributed by atoms with Gasteiger partial charge in [-0.3, -0.25) is 5.01 Å². The summed E-state index contributed by atoms with van der Waals surface area (Å²) in [7, 11) is 0. The maximum Gasteiger partial charge on any atom is 0.185 e. The molecular weight excluding hydrogens is 237 g/mol. The Bertz CT molecular complexity index is 432. The second-order valence-corrected chi connectivity index (χ2v) is 5.02. The Kier molecular flexibility index (Phi) is 3.05. The van der Waals surface area contributed by atoms with Crippen LogP contribution in [0, 0.1) is 5.82 Å². The molecule has 0 aromatic heterocycles. The van der Waals surface area contributed by atoms with Crippen LogP contribution in [0.15, 0.2) is 24.3 Å². The molecule has 1 aromatic rings. The Morgan fingerprint density at radius 1 is 1.29 bits per heavy atom. The zero-order valence-corrected chi connectivity index (χ0v) is 10.9.